The van der Waals surface area contributed by atoms with Gasteiger partial charge in [0.15, 0.2) is 0 Å². The van der Waals surface area contributed by atoms with Gasteiger partial charge in [-0.2, -0.15) is 0 Å². The van der Waals surface area contributed by atoms with Crippen LogP contribution in [0.2, 0.25) is 0 Å². The van der Waals surface area contributed by atoms with Crippen molar-refractivity contribution >= 4 is 5.97 Å². The van der Waals surface area contributed by atoms with E-state index in [2.05, 4.69) is 32.9 Å². The number of hydrogen-bond donors (Lipinski definition) is 2. The SMILES string of the molecule is CC/C=C/CCC(O)C[N+](CCCCC)(CCCCC)CCCC(=O)O. The van der Waals surface area contributed by atoms with Crippen molar-refractivity contribution in [2.45, 2.75) is 97.5 Å². The highest BCUT2D eigenvalue weighted by Crippen LogP contribution is 2.18. The van der Waals surface area contributed by atoms with E-state index in [1.54, 1.807) is 0 Å². The van der Waals surface area contributed by atoms with Crippen molar-refractivity contribution in [3.8, 4) is 0 Å². The standard InChI is InChI=1S/C22H43NO3/c1-4-7-10-11-15-21(24)20-23(17-12-8-5-2,18-13-9-6-3)19-14-16-22(25)26/h7,10,21,24H,4-6,8-9,11-20H2,1-3H3/p+1/b10-7+. The number of carboxylic acids is 1. The third-order valence-corrected chi connectivity index (χ3v) is 5.16. The van der Waals surface area contributed by atoms with Crippen molar-refractivity contribution in [3.63, 3.8) is 0 Å². The van der Waals surface area contributed by atoms with Gasteiger partial charge < -0.3 is 14.7 Å². The molecule has 0 aromatic carbocycles. The van der Waals surface area contributed by atoms with Crippen molar-refractivity contribution in [2.75, 3.05) is 26.2 Å². The number of nitrogens with zero attached hydrogens (tertiary/aromatic N) is 1. The van der Waals surface area contributed by atoms with Gasteiger partial charge >= 0.3 is 5.97 Å². The third-order valence-electron chi connectivity index (χ3n) is 5.16. The maximum absolute atomic E-state index is 11.0. The molecule has 4 heteroatoms. The molecular formula is C22H44NO3+. The largest absolute Gasteiger partial charge is 0.481 e. The molecule has 1 atom stereocenters. The van der Waals surface area contributed by atoms with E-state index >= 15 is 0 Å². The van der Waals surface area contributed by atoms with Gasteiger partial charge in [-0.25, -0.2) is 0 Å². The molecule has 0 aromatic rings. The zero-order chi connectivity index (χ0) is 19.7. The summed E-state index contributed by atoms with van der Waals surface area (Å²) in [7, 11) is 0. The summed E-state index contributed by atoms with van der Waals surface area (Å²) < 4.78 is 0.895. The molecule has 4 nitrogen and oxygen atoms in total. The van der Waals surface area contributed by atoms with Crippen LogP contribution >= 0.6 is 0 Å². The Morgan fingerprint density at radius 3 is 2.00 bits per heavy atom. The summed E-state index contributed by atoms with van der Waals surface area (Å²) >= 11 is 0. The second-order valence-electron chi connectivity index (χ2n) is 7.72. The predicted octanol–water partition coefficient (Wildman–Crippen LogP) is 5.16. The average molecular weight is 371 g/mol. The molecule has 0 aliphatic rings. The van der Waals surface area contributed by atoms with Crippen LogP contribution in [-0.2, 0) is 4.79 Å². The topological polar surface area (TPSA) is 57.5 Å². The van der Waals surface area contributed by atoms with Gasteiger partial charge in [0.05, 0.1) is 26.1 Å². The van der Waals surface area contributed by atoms with Crippen LogP contribution in [-0.4, -0.2) is 52.9 Å². The van der Waals surface area contributed by atoms with Crippen molar-refractivity contribution in [1.82, 2.24) is 0 Å². The molecule has 0 bridgehead atoms. The summed E-state index contributed by atoms with van der Waals surface area (Å²) in [5, 5.41) is 19.7. The number of aliphatic hydroxyl groups is 1. The molecule has 1 unspecified atom stereocenters. The Bertz CT molecular complexity index is 358. The Balaban J connectivity index is 4.91. The highest BCUT2D eigenvalue weighted by molar-refractivity contribution is 5.66. The first-order chi connectivity index (χ1) is 12.5. The predicted molar refractivity (Wildman–Crippen MR) is 110 cm³/mol. The van der Waals surface area contributed by atoms with Crippen molar-refractivity contribution in [2.24, 2.45) is 0 Å². The Kier molecular flexibility index (Phi) is 15.8. The Morgan fingerprint density at radius 2 is 1.50 bits per heavy atom. The number of carbonyl (C=O) groups is 1. The Labute approximate surface area is 161 Å². The fourth-order valence-electron chi connectivity index (χ4n) is 3.68. The van der Waals surface area contributed by atoms with Gasteiger partial charge in [0.1, 0.15) is 12.6 Å². The van der Waals surface area contributed by atoms with Crippen LogP contribution in [0.15, 0.2) is 12.2 Å². The average Bonchev–Trinajstić information content (AvgIpc) is 2.59. The highest BCUT2D eigenvalue weighted by Gasteiger charge is 2.29. The van der Waals surface area contributed by atoms with Crippen molar-refractivity contribution in [3.05, 3.63) is 12.2 Å². The summed E-state index contributed by atoms with van der Waals surface area (Å²) in [6, 6.07) is 0. The second kappa shape index (κ2) is 16.3. The zero-order valence-electron chi connectivity index (χ0n) is 17.6. The summed E-state index contributed by atoms with van der Waals surface area (Å²) in [4.78, 5) is 11.0. The molecule has 0 aliphatic heterocycles. The lowest BCUT2D eigenvalue weighted by atomic mass is 10.1. The number of rotatable bonds is 18. The highest BCUT2D eigenvalue weighted by atomic mass is 16.4. The van der Waals surface area contributed by atoms with E-state index in [0.29, 0.717) is 6.42 Å². The fourth-order valence-corrected chi connectivity index (χ4v) is 3.68. The van der Waals surface area contributed by atoms with Crippen LogP contribution in [0.4, 0.5) is 0 Å². The van der Waals surface area contributed by atoms with Crippen LogP contribution < -0.4 is 0 Å². The van der Waals surface area contributed by atoms with Gasteiger partial charge in [-0.15, -0.1) is 0 Å². The Hall–Kier alpha value is -0.870. The van der Waals surface area contributed by atoms with Gasteiger partial charge in [-0.05, 0) is 44.9 Å². The van der Waals surface area contributed by atoms with Crippen LogP contribution in [0.25, 0.3) is 0 Å². The van der Waals surface area contributed by atoms with Crippen LogP contribution in [0, 0.1) is 0 Å². The molecule has 0 aromatic heterocycles. The lowest BCUT2D eigenvalue weighted by Crippen LogP contribution is -2.54. The van der Waals surface area contributed by atoms with Crippen molar-refractivity contribution in [1.29, 1.82) is 0 Å². The maximum atomic E-state index is 11.0. The zero-order valence-corrected chi connectivity index (χ0v) is 17.6. The smallest absolute Gasteiger partial charge is 0.303 e. The normalized spacial score (nSPS) is 13.4. The number of aliphatic hydroxyl groups excluding tert-OH is 1. The van der Waals surface area contributed by atoms with Crippen LogP contribution in [0.3, 0.4) is 0 Å². The van der Waals surface area contributed by atoms with Crippen molar-refractivity contribution < 1.29 is 19.5 Å². The van der Waals surface area contributed by atoms with Crippen LogP contribution in [0.1, 0.15) is 91.4 Å². The van der Waals surface area contributed by atoms with Gasteiger partial charge in [0.25, 0.3) is 0 Å². The molecular weight excluding hydrogens is 326 g/mol. The van der Waals surface area contributed by atoms with Gasteiger partial charge in [-0.1, -0.05) is 45.8 Å². The number of aliphatic carboxylic acids is 1. The monoisotopic (exact) mass is 370 g/mol. The summed E-state index contributed by atoms with van der Waals surface area (Å²) in [5.74, 6) is -0.713. The minimum Gasteiger partial charge on any atom is -0.481 e. The molecule has 26 heavy (non-hydrogen) atoms. The summed E-state index contributed by atoms with van der Waals surface area (Å²) in [6.07, 6.45) is 14.9. The van der Waals surface area contributed by atoms with Gasteiger partial charge in [-0.3, -0.25) is 4.79 Å². The van der Waals surface area contributed by atoms with E-state index in [1.165, 1.54) is 25.7 Å². The molecule has 2 N–H and O–H groups in total. The molecule has 0 fully saturated rings. The summed E-state index contributed by atoms with van der Waals surface area (Å²) in [5.41, 5.74) is 0. The number of quaternary nitrogens is 1. The minimum absolute atomic E-state index is 0.233. The van der Waals surface area contributed by atoms with E-state index in [4.69, 9.17) is 5.11 Å². The van der Waals surface area contributed by atoms with Gasteiger partial charge in [0, 0.05) is 6.42 Å². The van der Waals surface area contributed by atoms with E-state index < -0.39 is 5.97 Å². The molecule has 0 amide bonds. The molecule has 0 saturated heterocycles. The first-order valence-electron chi connectivity index (χ1n) is 10.9. The van der Waals surface area contributed by atoms with E-state index in [9.17, 15) is 9.90 Å². The molecule has 0 saturated carbocycles. The molecule has 154 valence electrons. The molecule has 0 rings (SSSR count). The molecule has 0 aliphatic carbocycles. The minimum atomic E-state index is -0.713. The van der Waals surface area contributed by atoms with Crippen LogP contribution in [0.5, 0.6) is 0 Å². The number of allylic oxidation sites excluding steroid dienone is 2. The fraction of sp³-hybridized carbons (Fsp3) is 0.864. The molecule has 0 heterocycles. The molecule has 0 spiro atoms. The second-order valence-corrected chi connectivity index (χ2v) is 7.72. The van der Waals surface area contributed by atoms with E-state index in [1.807, 2.05) is 0 Å². The number of unbranched alkanes of at least 4 members (excludes halogenated alkanes) is 4. The quantitative estimate of drug-likeness (QED) is 0.199. The summed E-state index contributed by atoms with van der Waals surface area (Å²) in [6.45, 7) is 10.3. The molecule has 0 radical (unpaired) electrons. The maximum Gasteiger partial charge on any atom is 0.303 e. The van der Waals surface area contributed by atoms with E-state index in [0.717, 1.165) is 62.8 Å². The van der Waals surface area contributed by atoms with E-state index in [-0.39, 0.29) is 12.5 Å². The lowest BCUT2D eigenvalue weighted by Gasteiger charge is -2.40. The lowest BCUT2D eigenvalue weighted by molar-refractivity contribution is -0.931. The first-order valence-corrected chi connectivity index (χ1v) is 10.9. The first kappa shape index (κ1) is 25.1. The third kappa shape index (κ3) is 13.3. The van der Waals surface area contributed by atoms with Gasteiger partial charge in [0.2, 0.25) is 0 Å². The number of hydrogen-bond acceptors (Lipinski definition) is 2. The Morgan fingerprint density at radius 1 is 0.923 bits per heavy atom. The number of carboxylic acid groups (broad SMARTS) is 1.